The van der Waals surface area contributed by atoms with Crippen molar-refractivity contribution in [3.8, 4) is 0 Å². The highest BCUT2D eigenvalue weighted by Crippen LogP contribution is 2.15. The van der Waals surface area contributed by atoms with Crippen LogP contribution in [0.2, 0.25) is 0 Å². The molecule has 2 amide bonds. The minimum absolute atomic E-state index is 0.0739. The number of amides is 2. The summed E-state index contributed by atoms with van der Waals surface area (Å²) in [5.41, 5.74) is 1.37. The molecule has 19 heavy (non-hydrogen) atoms. The molecule has 0 aromatic rings. The molecule has 5 heteroatoms. The van der Waals surface area contributed by atoms with E-state index in [0.717, 1.165) is 38.9 Å². The van der Waals surface area contributed by atoms with Crippen molar-refractivity contribution in [1.29, 1.82) is 0 Å². The van der Waals surface area contributed by atoms with Gasteiger partial charge < -0.3 is 20.1 Å². The van der Waals surface area contributed by atoms with Crippen LogP contribution in [-0.4, -0.2) is 44.5 Å². The van der Waals surface area contributed by atoms with Gasteiger partial charge in [0.05, 0.1) is 25.4 Å². The Morgan fingerprint density at radius 1 is 1.53 bits per heavy atom. The van der Waals surface area contributed by atoms with Crippen molar-refractivity contribution in [3.63, 3.8) is 0 Å². The summed E-state index contributed by atoms with van der Waals surface area (Å²) in [6, 6.07) is -0.0274. The highest BCUT2D eigenvalue weighted by atomic mass is 16.5. The minimum Gasteiger partial charge on any atom is -0.377 e. The molecule has 2 atom stereocenters. The van der Waals surface area contributed by atoms with Crippen LogP contribution in [-0.2, 0) is 9.47 Å². The van der Waals surface area contributed by atoms with Crippen LogP contribution in [0.25, 0.3) is 0 Å². The lowest BCUT2D eigenvalue weighted by Crippen LogP contribution is -2.46. The van der Waals surface area contributed by atoms with E-state index in [9.17, 15) is 4.79 Å². The van der Waals surface area contributed by atoms with Gasteiger partial charge in [0.15, 0.2) is 0 Å². The maximum Gasteiger partial charge on any atom is 0.315 e. The van der Waals surface area contributed by atoms with Gasteiger partial charge in [-0.2, -0.15) is 0 Å². The van der Waals surface area contributed by atoms with Gasteiger partial charge in [-0.3, -0.25) is 0 Å². The van der Waals surface area contributed by atoms with Crippen LogP contribution >= 0.6 is 0 Å². The number of rotatable bonds is 5. The molecular formula is C14H24N2O3. The van der Waals surface area contributed by atoms with E-state index in [0.29, 0.717) is 13.2 Å². The SMILES string of the molecule is C[C@@H](NC(=O)NCCC1=CCOCC1)[C@@H]1CCCO1. The van der Waals surface area contributed by atoms with Crippen molar-refractivity contribution in [2.24, 2.45) is 0 Å². The topological polar surface area (TPSA) is 59.6 Å². The van der Waals surface area contributed by atoms with Crippen molar-refractivity contribution in [3.05, 3.63) is 11.6 Å². The fourth-order valence-corrected chi connectivity index (χ4v) is 2.48. The average molecular weight is 268 g/mol. The molecule has 2 aliphatic heterocycles. The zero-order valence-corrected chi connectivity index (χ0v) is 11.6. The second kappa shape index (κ2) is 7.50. The quantitative estimate of drug-likeness (QED) is 0.744. The fraction of sp³-hybridized carbons (Fsp3) is 0.786. The Hall–Kier alpha value is -1.07. The third-order valence-corrected chi connectivity index (χ3v) is 3.67. The highest BCUT2D eigenvalue weighted by Gasteiger charge is 2.23. The molecule has 0 unspecified atom stereocenters. The Morgan fingerprint density at radius 2 is 2.42 bits per heavy atom. The van der Waals surface area contributed by atoms with Gasteiger partial charge in [0.1, 0.15) is 0 Å². The van der Waals surface area contributed by atoms with E-state index in [1.165, 1.54) is 5.57 Å². The molecule has 0 radical (unpaired) electrons. The van der Waals surface area contributed by atoms with E-state index in [2.05, 4.69) is 16.7 Å². The molecule has 2 N–H and O–H groups in total. The van der Waals surface area contributed by atoms with Crippen molar-refractivity contribution in [2.75, 3.05) is 26.4 Å². The monoisotopic (exact) mass is 268 g/mol. The summed E-state index contributed by atoms with van der Waals surface area (Å²) in [6.45, 7) is 4.99. The highest BCUT2D eigenvalue weighted by molar-refractivity contribution is 5.74. The van der Waals surface area contributed by atoms with Crippen molar-refractivity contribution in [2.45, 2.75) is 44.8 Å². The van der Waals surface area contributed by atoms with E-state index in [1.54, 1.807) is 0 Å². The number of hydrogen-bond acceptors (Lipinski definition) is 3. The van der Waals surface area contributed by atoms with E-state index in [-0.39, 0.29) is 18.2 Å². The molecule has 2 heterocycles. The summed E-state index contributed by atoms with van der Waals surface area (Å²) >= 11 is 0. The maximum atomic E-state index is 11.7. The summed E-state index contributed by atoms with van der Waals surface area (Å²) in [7, 11) is 0. The number of hydrogen-bond donors (Lipinski definition) is 2. The summed E-state index contributed by atoms with van der Waals surface area (Å²) in [5, 5.41) is 5.84. The molecular weight excluding hydrogens is 244 g/mol. The molecule has 0 aliphatic carbocycles. The summed E-state index contributed by atoms with van der Waals surface area (Å²) in [5.74, 6) is 0. The second-order valence-corrected chi connectivity index (χ2v) is 5.18. The van der Waals surface area contributed by atoms with E-state index in [1.807, 2.05) is 6.92 Å². The van der Waals surface area contributed by atoms with E-state index < -0.39 is 0 Å². The molecule has 0 aromatic carbocycles. The molecule has 5 nitrogen and oxygen atoms in total. The number of ether oxygens (including phenoxy) is 2. The van der Waals surface area contributed by atoms with Crippen molar-refractivity contribution < 1.29 is 14.3 Å². The number of nitrogens with one attached hydrogen (secondary N) is 2. The lowest BCUT2D eigenvalue weighted by Gasteiger charge is -2.20. The first-order chi connectivity index (χ1) is 9.25. The number of carbonyl (C=O) groups excluding carboxylic acids is 1. The summed E-state index contributed by atoms with van der Waals surface area (Å²) < 4.78 is 10.8. The molecule has 2 rings (SSSR count). The predicted octanol–water partition coefficient (Wildman–Crippen LogP) is 1.59. The van der Waals surface area contributed by atoms with E-state index in [4.69, 9.17) is 9.47 Å². The molecule has 0 spiro atoms. The molecule has 1 saturated heterocycles. The van der Waals surface area contributed by atoms with Gasteiger partial charge in [-0.05, 0) is 32.6 Å². The Morgan fingerprint density at radius 3 is 3.11 bits per heavy atom. The first kappa shape index (κ1) is 14.3. The number of urea groups is 1. The van der Waals surface area contributed by atoms with Gasteiger partial charge >= 0.3 is 6.03 Å². The van der Waals surface area contributed by atoms with Gasteiger partial charge in [-0.25, -0.2) is 4.79 Å². The van der Waals surface area contributed by atoms with Crippen LogP contribution in [0.5, 0.6) is 0 Å². The van der Waals surface area contributed by atoms with Gasteiger partial charge in [0, 0.05) is 13.2 Å². The molecule has 1 fully saturated rings. The average Bonchev–Trinajstić information content (AvgIpc) is 2.94. The standard InChI is InChI=1S/C14H24N2O3/c1-11(13-3-2-8-19-13)16-14(17)15-7-4-12-5-9-18-10-6-12/h5,11,13H,2-4,6-10H2,1H3,(H2,15,16,17)/t11-,13+/m1/s1. The van der Waals surface area contributed by atoms with Gasteiger partial charge in [0.25, 0.3) is 0 Å². The molecule has 0 bridgehead atoms. The third-order valence-electron chi connectivity index (χ3n) is 3.67. The summed E-state index contributed by atoms with van der Waals surface area (Å²) in [4.78, 5) is 11.7. The van der Waals surface area contributed by atoms with Crippen LogP contribution in [0.15, 0.2) is 11.6 Å². The maximum absolute atomic E-state index is 11.7. The van der Waals surface area contributed by atoms with Crippen LogP contribution in [0.3, 0.4) is 0 Å². The van der Waals surface area contributed by atoms with Gasteiger partial charge in [0.2, 0.25) is 0 Å². The Kier molecular flexibility index (Phi) is 5.66. The Balaban J connectivity index is 1.59. The smallest absolute Gasteiger partial charge is 0.315 e. The lowest BCUT2D eigenvalue weighted by atomic mass is 10.1. The molecule has 108 valence electrons. The normalized spacial score (nSPS) is 24.7. The Labute approximate surface area is 114 Å². The molecule has 0 aromatic heterocycles. The first-order valence-electron chi connectivity index (χ1n) is 7.17. The van der Waals surface area contributed by atoms with Crippen LogP contribution in [0.4, 0.5) is 4.79 Å². The van der Waals surface area contributed by atoms with Crippen LogP contribution in [0, 0.1) is 0 Å². The summed E-state index contributed by atoms with van der Waals surface area (Å²) in [6.07, 6.45) is 6.30. The second-order valence-electron chi connectivity index (χ2n) is 5.18. The third kappa shape index (κ3) is 4.84. The largest absolute Gasteiger partial charge is 0.377 e. The zero-order chi connectivity index (χ0) is 13.5. The fourth-order valence-electron chi connectivity index (χ4n) is 2.48. The van der Waals surface area contributed by atoms with Gasteiger partial charge in [-0.15, -0.1) is 0 Å². The lowest BCUT2D eigenvalue weighted by molar-refractivity contribution is 0.0860. The minimum atomic E-state index is -0.101. The van der Waals surface area contributed by atoms with Crippen molar-refractivity contribution >= 4 is 6.03 Å². The molecule has 0 saturated carbocycles. The number of carbonyl (C=O) groups is 1. The predicted molar refractivity (Wildman–Crippen MR) is 73.1 cm³/mol. The van der Waals surface area contributed by atoms with Crippen LogP contribution in [0.1, 0.15) is 32.6 Å². The zero-order valence-electron chi connectivity index (χ0n) is 11.6. The first-order valence-corrected chi connectivity index (χ1v) is 7.17. The Bertz CT molecular complexity index is 325. The van der Waals surface area contributed by atoms with Crippen LogP contribution < -0.4 is 10.6 Å². The molecule has 2 aliphatic rings. The van der Waals surface area contributed by atoms with Crippen molar-refractivity contribution in [1.82, 2.24) is 10.6 Å². The van der Waals surface area contributed by atoms with E-state index >= 15 is 0 Å². The van der Waals surface area contributed by atoms with Gasteiger partial charge in [-0.1, -0.05) is 11.6 Å².